The molecule has 1 aliphatic heterocycles. The number of carbonyl (C=O) groups is 3. The molecule has 158 valence electrons. The monoisotopic (exact) mass is 410 g/mol. The fraction of sp³-hybridized carbons (Fsp3) is 0.348. The standard InChI is InChI=1S/C23H26N2O5/c1-14-6-5-7-20(15(14)2)25-13-17(12-21(25)26)23(28)30-16(3)22(27)24-18-8-10-19(29-4)11-9-18/h5-11,16-17H,12-13H2,1-4H3,(H,24,27)/t16-,17-/m0/s1. The lowest BCUT2D eigenvalue weighted by Crippen LogP contribution is -2.33. The molecule has 1 fully saturated rings. The number of carbonyl (C=O) groups excluding carboxylic acids is 3. The van der Waals surface area contributed by atoms with Gasteiger partial charge in [0.25, 0.3) is 5.91 Å². The average Bonchev–Trinajstić information content (AvgIpc) is 3.12. The number of rotatable bonds is 6. The summed E-state index contributed by atoms with van der Waals surface area (Å²) in [7, 11) is 1.56. The minimum atomic E-state index is -0.982. The zero-order chi connectivity index (χ0) is 21.8. The minimum Gasteiger partial charge on any atom is -0.497 e. The van der Waals surface area contributed by atoms with Crippen molar-refractivity contribution in [2.75, 3.05) is 23.9 Å². The highest BCUT2D eigenvalue weighted by Crippen LogP contribution is 2.30. The number of amides is 2. The van der Waals surface area contributed by atoms with Gasteiger partial charge in [0.2, 0.25) is 5.91 Å². The van der Waals surface area contributed by atoms with Gasteiger partial charge in [-0.25, -0.2) is 0 Å². The third-order valence-electron chi connectivity index (χ3n) is 5.34. The molecule has 0 unspecified atom stereocenters. The topological polar surface area (TPSA) is 84.9 Å². The zero-order valence-corrected chi connectivity index (χ0v) is 17.6. The third-order valence-corrected chi connectivity index (χ3v) is 5.34. The van der Waals surface area contributed by atoms with Crippen LogP contribution < -0.4 is 15.0 Å². The van der Waals surface area contributed by atoms with E-state index in [1.165, 1.54) is 6.92 Å². The van der Waals surface area contributed by atoms with Crippen LogP contribution >= 0.6 is 0 Å². The molecule has 0 bridgehead atoms. The Kier molecular flexibility index (Phi) is 6.40. The van der Waals surface area contributed by atoms with Crippen LogP contribution in [0.3, 0.4) is 0 Å². The molecule has 30 heavy (non-hydrogen) atoms. The smallest absolute Gasteiger partial charge is 0.312 e. The van der Waals surface area contributed by atoms with Crippen LogP contribution in [0.15, 0.2) is 42.5 Å². The predicted molar refractivity (Wildman–Crippen MR) is 114 cm³/mol. The van der Waals surface area contributed by atoms with Crippen LogP contribution in [-0.4, -0.2) is 37.5 Å². The Balaban J connectivity index is 1.59. The van der Waals surface area contributed by atoms with E-state index in [2.05, 4.69) is 5.32 Å². The number of ether oxygens (including phenoxy) is 2. The molecular formula is C23H26N2O5. The molecule has 1 saturated heterocycles. The van der Waals surface area contributed by atoms with Crippen LogP contribution in [-0.2, 0) is 19.1 Å². The van der Waals surface area contributed by atoms with Gasteiger partial charge in [-0.15, -0.1) is 0 Å². The van der Waals surface area contributed by atoms with Crippen molar-refractivity contribution in [3.8, 4) is 5.75 Å². The zero-order valence-electron chi connectivity index (χ0n) is 17.6. The van der Waals surface area contributed by atoms with Crippen molar-refractivity contribution in [3.05, 3.63) is 53.6 Å². The molecule has 1 heterocycles. The number of anilines is 2. The molecule has 2 aromatic carbocycles. The van der Waals surface area contributed by atoms with E-state index in [-0.39, 0.29) is 18.9 Å². The maximum absolute atomic E-state index is 12.6. The summed E-state index contributed by atoms with van der Waals surface area (Å²) in [4.78, 5) is 39.0. The number of esters is 1. The van der Waals surface area contributed by atoms with Gasteiger partial charge in [-0.1, -0.05) is 12.1 Å². The molecular weight excluding hydrogens is 384 g/mol. The van der Waals surface area contributed by atoms with Crippen molar-refractivity contribution in [2.24, 2.45) is 5.92 Å². The summed E-state index contributed by atoms with van der Waals surface area (Å²) >= 11 is 0. The summed E-state index contributed by atoms with van der Waals surface area (Å²) in [5, 5.41) is 2.70. The quantitative estimate of drug-likeness (QED) is 0.739. The molecule has 2 atom stereocenters. The molecule has 7 nitrogen and oxygen atoms in total. The van der Waals surface area contributed by atoms with Crippen LogP contribution in [0.2, 0.25) is 0 Å². The number of benzene rings is 2. The van der Waals surface area contributed by atoms with E-state index in [4.69, 9.17) is 9.47 Å². The Morgan fingerprint density at radius 2 is 1.83 bits per heavy atom. The molecule has 1 aliphatic rings. The van der Waals surface area contributed by atoms with Crippen LogP contribution in [0, 0.1) is 19.8 Å². The Bertz CT molecular complexity index is 955. The fourth-order valence-corrected chi connectivity index (χ4v) is 3.37. The van der Waals surface area contributed by atoms with Crippen LogP contribution in [0.4, 0.5) is 11.4 Å². The van der Waals surface area contributed by atoms with Crippen LogP contribution in [0.5, 0.6) is 5.75 Å². The Hall–Kier alpha value is -3.35. The summed E-state index contributed by atoms with van der Waals surface area (Å²) in [6, 6.07) is 12.6. The second kappa shape index (κ2) is 8.98. The van der Waals surface area contributed by atoms with Crippen molar-refractivity contribution in [1.29, 1.82) is 0 Å². The van der Waals surface area contributed by atoms with E-state index >= 15 is 0 Å². The second-order valence-corrected chi connectivity index (χ2v) is 7.42. The van der Waals surface area contributed by atoms with Gasteiger partial charge in [-0.3, -0.25) is 14.4 Å². The Morgan fingerprint density at radius 3 is 2.50 bits per heavy atom. The van der Waals surface area contributed by atoms with Gasteiger partial charge in [0.1, 0.15) is 5.75 Å². The molecule has 0 saturated carbocycles. The number of hydrogen-bond acceptors (Lipinski definition) is 5. The van der Waals surface area contributed by atoms with E-state index in [1.54, 1.807) is 36.3 Å². The summed E-state index contributed by atoms with van der Waals surface area (Å²) in [5.41, 5.74) is 3.46. The second-order valence-electron chi connectivity index (χ2n) is 7.42. The lowest BCUT2D eigenvalue weighted by molar-refractivity contribution is -0.157. The maximum Gasteiger partial charge on any atom is 0.312 e. The van der Waals surface area contributed by atoms with Crippen molar-refractivity contribution >= 4 is 29.2 Å². The highest BCUT2D eigenvalue weighted by molar-refractivity contribution is 6.01. The van der Waals surface area contributed by atoms with Crippen LogP contribution in [0.1, 0.15) is 24.5 Å². The first kappa shape index (κ1) is 21.4. The molecule has 7 heteroatoms. The van der Waals surface area contributed by atoms with E-state index in [1.807, 2.05) is 32.0 Å². The summed E-state index contributed by atoms with van der Waals surface area (Å²) < 4.78 is 10.4. The maximum atomic E-state index is 12.6. The van der Waals surface area contributed by atoms with Gasteiger partial charge >= 0.3 is 5.97 Å². The first-order chi connectivity index (χ1) is 14.3. The van der Waals surface area contributed by atoms with E-state index in [0.717, 1.165) is 16.8 Å². The number of nitrogens with one attached hydrogen (secondary N) is 1. The van der Waals surface area contributed by atoms with Crippen molar-refractivity contribution < 1.29 is 23.9 Å². The van der Waals surface area contributed by atoms with Gasteiger partial charge in [0, 0.05) is 24.3 Å². The van der Waals surface area contributed by atoms with E-state index in [0.29, 0.717) is 11.4 Å². The molecule has 0 aromatic heterocycles. The van der Waals surface area contributed by atoms with Gasteiger partial charge in [-0.05, 0) is 62.2 Å². The summed E-state index contributed by atoms with van der Waals surface area (Å²) in [6.07, 6.45) is -0.913. The van der Waals surface area contributed by atoms with Gasteiger partial charge in [0.05, 0.1) is 13.0 Å². The lowest BCUT2D eigenvalue weighted by atomic mass is 10.1. The SMILES string of the molecule is COc1ccc(NC(=O)[C@H](C)OC(=O)[C@H]2CC(=O)N(c3cccc(C)c3C)C2)cc1. The number of methoxy groups -OCH3 is 1. The first-order valence-electron chi connectivity index (χ1n) is 9.82. The summed E-state index contributed by atoms with van der Waals surface area (Å²) in [5.74, 6) is -1.04. The van der Waals surface area contributed by atoms with Crippen LogP contribution in [0.25, 0.3) is 0 Å². The average molecular weight is 410 g/mol. The van der Waals surface area contributed by atoms with Crippen molar-refractivity contribution in [1.82, 2.24) is 0 Å². The van der Waals surface area contributed by atoms with Crippen molar-refractivity contribution in [3.63, 3.8) is 0 Å². The largest absolute Gasteiger partial charge is 0.497 e. The Morgan fingerprint density at radius 1 is 1.13 bits per heavy atom. The normalized spacial score (nSPS) is 16.9. The number of hydrogen-bond donors (Lipinski definition) is 1. The number of aryl methyl sites for hydroxylation is 1. The third kappa shape index (κ3) is 4.62. The summed E-state index contributed by atoms with van der Waals surface area (Å²) in [6.45, 7) is 5.69. The van der Waals surface area contributed by atoms with E-state index in [9.17, 15) is 14.4 Å². The number of nitrogens with zero attached hydrogens (tertiary/aromatic N) is 1. The molecule has 0 radical (unpaired) electrons. The fourth-order valence-electron chi connectivity index (χ4n) is 3.37. The van der Waals surface area contributed by atoms with Gasteiger partial charge in [-0.2, -0.15) is 0 Å². The van der Waals surface area contributed by atoms with Gasteiger partial charge in [0.15, 0.2) is 6.10 Å². The molecule has 3 rings (SSSR count). The molecule has 2 amide bonds. The highest BCUT2D eigenvalue weighted by atomic mass is 16.5. The molecule has 1 N–H and O–H groups in total. The minimum absolute atomic E-state index is 0.0685. The first-order valence-corrected chi connectivity index (χ1v) is 9.82. The molecule has 0 aliphatic carbocycles. The lowest BCUT2D eigenvalue weighted by Gasteiger charge is -2.20. The molecule has 0 spiro atoms. The van der Waals surface area contributed by atoms with Crippen molar-refractivity contribution in [2.45, 2.75) is 33.3 Å². The van der Waals surface area contributed by atoms with E-state index < -0.39 is 23.9 Å². The predicted octanol–water partition coefficient (Wildman–Crippen LogP) is 3.24. The highest BCUT2D eigenvalue weighted by Gasteiger charge is 2.37. The molecule has 2 aromatic rings. The van der Waals surface area contributed by atoms with Gasteiger partial charge < -0.3 is 19.7 Å². The Labute approximate surface area is 176 Å².